The number of nitrogens with zero attached hydrogens (tertiary/aromatic N) is 6. The summed E-state index contributed by atoms with van der Waals surface area (Å²) in [7, 11) is 0. The molecule has 3 fully saturated rings. The average Bonchev–Trinajstić information content (AvgIpc) is 3.79. The number of para-hydroxylation sites is 2. The molecule has 2 aromatic carbocycles. The first-order chi connectivity index (χ1) is 21.9. The number of fused-ring (bicyclic) bond motifs is 2. The van der Waals surface area contributed by atoms with Gasteiger partial charge in [-0.25, -0.2) is 4.68 Å². The summed E-state index contributed by atoms with van der Waals surface area (Å²) in [6, 6.07) is 15.9. The minimum Gasteiger partial charge on any atom is -0.396 e. The van der Waals surface area contributed by atoms with Crippen LogP contribution in [0.2, 0.25) is 0 Å². The van der Waals surface area contributed by atoms with E-state index in [2.05, 4.69) is 23.5 Å². The van der Waals surface area contributed by atoms with Crippen molar-refractivity contribution in [3.05, 3.63) is 79.9 Å². The molecule has 11 nitrogen and oxygen atoms in total. The molecule has 3 aliphatic rings. The lowest BCUT2D eigenvalue weighted by Gasteiger charge is -2.37. The van der Waals surface area contributed by atoms with E-state index in [1.54, 1.807) is 31.5 Å². The summed E-state index contributed by atoms with van der Waals surface area (Å²) >= 11 is 0. The maximum absolute atomic E-state index is 14.7. The van der Waals surface area contributed by atoms with Crippen LogP contribution < -0.4 is 4.90 Å². The number of rotatable bonds is 13. The monoisotopic (exact) mass is 612 g/mol. The number of amides is 3. The standard InChI is InChI=1S/C34H40N6O5/c1-4-19-37(23-40-26-16-11-10-15-25(26)35-36-40)32(44)29-34-18-17-33(6-3,45-34)27(28(34)31(43)39(29)21-12-22-41)30(42)38(20-5-2)24-13-8-7-9-14-24/h4-5,7-11,13-16,27-29,41H,1-2,6,12,17-23H2,3H3/t27-,28-,29?,33+,34?/m0/s1. The van der Waals surface area contributed by atoms with Crippen molar-refractivity contribution in [2.24, 2.45) is 11.8 Å². The maximum atomic E-state index is 14.7. The Labute approximate surface area is 262 Å². The quantitative estimate of drug-likeness (QED) is 0.295. The second-order valence-corrected chi connectivity index (χ2v) is 12.1. The molecule has 6 rings (SSSR count). The molecule has 11 heteroatoms. The van der Waals surface area contributed by atoms with Gasteiger partial charge in [0.2, 0.25) is 17.7 Å². The van der Waals surface area contributed by atoms with Gasteiger partial charge in [-0.05, 0) is 49.9 Å². The third-order valence-corrected chi connectivity index (χ3v) is 9.77. The van der Waals surface area contributed by atoms with Gasteiger partial charge in [-0.1, -0.05) is 54.6 Å². The van der Waals surface area contributed by atoms with Crippen molar-refractivity contribution in [2.45, 2.75) is 56.5 Å². The fraction of sp³-hybridized carbons (Fsp3) is 0.441. The molecule has 236 valence electrons. The van der Waals surface area contributed by atoms with E-state index in [1.807, 2.05) is 61.5 Å². The van der Waals surface area contributed by atoms with Crippen LogP contribution in [0.15, 0.2) is 79.9 Å². The molecule has 1 spiro atoms. The Morgan fingerprint density at radius 1 is 1.07 bits per heavy atom. The van der Waals surface area contributed by atoms with Gasteiger partial charge in [-0.3, -0.25) is 14.4 Å². The van der Waals surface area contributed by atoms with Gasteiger partial charge in [-0.2, -0.15) is 0 Å². The van der Waals surface area contributed by atoms with Crippen LogP contribution in [0.25, 0.3) is 11.0 Å². The summed E-state index contributed by atoms with van der Waals surface area (Å²) < 4.78 is 8.61. The fourth-order valence-corrected chi connectivity index (χ4v) is 7.81. The predicted molar refractivity (Wildman–Crippen MR) is 169 cm³/mol. The normalized spacial score (nSPS) is 26.7. The van der Waals surface area contributed by atoms with E-state index in [4.69, 9.17) is 4.74 Å². The molecule has 3 aliphatic heterocycles. The van der Waals surface area contributed by atoms with Gasteiger partial charge in [0, 0.05) is 31.9 Å². The van der Waals surface area contributed by atoms with Crippen LogP contribution in [0.3, 0.4) is 0 Å². The zero-order valence-electron chi connectivity index (χ0n) is 25.6. The molecule has 1 N–H and O–H groups in total. The van der Waals surface area contributed by atoms with Crippen molar-refractivity contribution in [1.82, 2.24) is 24.8 Å². The van der Waals surface area contributed by atoms with E-state index >= 15 is 0 Å². The van der Waals surface area contributed by atoms with Crippen LogP contribution >= 0.6 is 0 Å². The summed E-state index contributed by atoms with van der Waals surface area (Å²) in [5, 5.41) is 18.3. The second kappa shape index (κ2) is 12.2. The van der Waals surface area contributed by atoms with E-state index < -0.39 is 29.1 Å². The summed E-state index contributed by atoms with van der Waals surface area (Å²) in [4.78, 5) is 48.7. The molecule has 0 aliphatic carbocycles. The number of hydrogen-bond donors (Lipinski definition) is 1. The van der Waals surface area contributed by atoms with Crippen LogP contribution in [0.5, 0.6) is 0 Å². The number of aromatic nitrogens is 3. The Hall–Kier alpha value is -4.35. The summed E-state index contributed by atoms with van der Waals surface area (Å²) in [5.41, 5.74) is 0.0953. The number of carbonyl (C=O) groups excluding carboxylic acids is 3. The summed E-state index contributed by atoms with van der Waals surface area (Å²) in [5.74, 6) is -2.44. The van der Waals surface area contributed by atoms with Crippen molar-refractivity contribution in [3.63, 3.8) is 0 Å². The second-order valence-electron chi connectivity index (χ2n) is 12.1. The number of ether oxygens (including phenoxy) is 1. The Morgan fingerprint density at radius 3 is 2.51 bits per heavy atom. The van der Waals surface area contributed by atoms with Gasteiger partial charge in [0.25, 0.3) is 0 Å². The van der Waals surface area contributed by atoms with Crippen LogP contribution in [-0.4, -0.2) is 91.1 Å². The van der Waals surface area contributed by atoms with Gasteiger partial charge >= 0.3 is 0 Å². The van der Waals surface area contributed by atoms with Crippen molar-refractivity contribution < 1.29 is 24.2 Å². The molecular weight excluding hydrogens is 572 g/mol. The first kappa shape index (κ1) is 30.7. The van der Waals surface area contributed by atoms with E-state index in [9.17, 15) is 19.5 Å². The highest BCUT2D eigenvalue weighted by atomic mass is 16.5. The molecule has 3 aromatic rings. The minimum absolute atomic E-state index is 0.0903. The first-order valence-electron chi connectivity index (χ1n) is 15.6. The number of hydrogen-bond acceptors (Lipinski definition) is 7. The minimum atomic E-state index is -1.19. The Morgan fingerprint density at radius 2 is 1.80 bits per heavy atom. The Balaban J connectivity index is 1.41. The lowest BCUT2D eigenvalue weighted by Crippen LogP contribution is -2.56. The SMILES string of the molecule is C=CCN(Cn1nnc2ccccc21)C(=O)C1N(CCCO)C(=O)[C@@H]2[C@@H](C(=O)N(CC=C)c3ccccc3)[C@@]3(CC)CCC12O3. The number of likely N-dealkylation sites (tertiary alicyclic amines) is 1. The topological polar surface area (TPSA) is 121 Å². The average molecular weight is 613 g/mol. The molecule has 3 amide bonds. The van der Waals surface area contributed by atoms with E-state index in [-0.39, 0.29) is 57.1 Å². The zero-order chi connectivity index (χ0) is 31.8. The molecule has 0 saturated carbocycles. The highest BCUT2D eigenvalue weighted by molar-refractivity contribution is 6.03. The predicted octanol–water partition coefficient (Wildman–Crippen LogP) is 3.16. The van der Waals surface area contributed by atoms with Crippen LogP contribution in [0, 0.1) is 11.8 Å². The molecule has 45 heavy (non-hydrogen) atoms. The molecule has 1 aromatic heterocycles. The summed E-state index contributed by atoms with van der Waals surface area (Å²) in [6.45, 7) is 10.3. The van der Waals surface area contributed by atoms with Crippen LogP contribution in [-0.2, 0) is 25.8 Å². The Kier molecular flexibility index (Phi) is 8.32. The van der Waals surface area contributed by atoms with Crippen molar-refractivity contribution in [1.29, 1.82) is 0 Å². The largest absolute Gasteiger partial charge is 0.396 e. The van der Waals surface area contributed by atoms with Crippen molar-refractivity contribution in [2.75, 3.05) is 31.1 Å². The highest BCUT2D eigenvalue weighted by Gasteiger charge is 2.79. The van der Waals surface area contributed by atoms with E-state index in [1.165, 1.54) is 0 Å². The number of carbonyl (C=O) groups is 3. The molecular formula is C34H40N6O5. The molecule has 4 heterocycles. The lowest BCUT2D eigenvalue weighted by atomic mass is 9.64. The summed E-state index contributed by atoms with van der Waals surface area (Å²) in [6.07, 6.45) is 5.13. The number of aliphatic hydroxyl groups is 1. The smallest absolute Gasteiger partial charge is 0.250 e. The van der Waals surface area contributed by atoms with Crippen LogP contribution in [0.4, 0.5) is 5.69 Å². The lowest BCUT2D eigenvalue weighted by molar-refractivity contribution is -0.153. The van der Waals surface area contributed by atoms with Crippen molar-refractivity contribution in [3.8, 4) is 0 Å². The third kappa shape index (κ3) is 4.85. The van der Waals surface area contributed by atoms with Crippen LogP contribution in [0.1, 0.15) is 32.6 Å². The van der Waals surface area contributed by atoms with Gasteiger partial charge in [0.1, 0.15) is 23.8 Å². The maximum Gasteiger partial charge on any atom is 0.250 e. The number of benzene rings is 2. The molecule has 2 unspecified atom stereocenters. The molecule has 3 saturated heterocycles. The fourth-order valence-electron chi connectivity index (χ4n) is 7.81. The van der Waals surface area contributed by atoms with E-state index in [0.29, 0.717) is 30.5 Å². The van der Waals surface area contributed by atoms with Gasteiger partial charge < -0.3 is 24.5 Å². The third-order valence-electron chi connectivity index (χ3n) is 9.77. The number of anilines is 1. The van der Waals surface area contributed by atoms with Gasteiger partial charge in [-0.15, -0.1) is 18.3 Å². The Bertz CT molecular complexity index is 1610. The molecule has 5 atom stereocenters. The van der Waals surface area contributed by atoms with E-state index in [0.717, 1.165) is 5.52 Å². The zero-order valence-corrected chi connectivity index (χ0v) is 25.6. The van der Waals surface area contributed by atoms with Gasteiger partial charge in [0.15, 0.2) is 0 Å². The van der Waals surface area contributed by atoms with Gasteiger partial charge in [0.05, 0.1) is 23.0 Å². The molecule has 2 bridgehead atoms. The highest BCUT2D eigenvalue weighted by Crippen LogP contribution is 2.64. The van der Waals surface area contributed by atoms with Crippen molar-refractivity contribution >= 4 is 34.4 Å². The number of aliphatic hydroxyl groups excluding tert-OH is 1. The first-order valence-corrected chi connectivity index (χ1v) is 15.6. The molecule has 0 radical (unpaired) electrons.